The summed E-state index contributed by atoms with van der Waals surface area (Å²) in [4.78, 5) is 28.0. The predicted octanol–water partition coefficient (Wildman–Crippen LogP) is 1.45. The molecule has 0 bridgehead atoms. The fraction of sp³-hybridized carbons (Fsp3) is 0.292. The van der Waals surface area contributed by atoms with Crippen molar-refractivity contribution in [3.8, 4) is 0 Å². The number of hydrazone groups is 1. The molecule has 0 fully saturated rings. The number of aliphatic hydroxyl groups excluding tert-OH is 1. The van der Waals surface area contributed by atoms with Crippen LogP contribution in [0.2, 0.25) is 0 Å². The van der Waals surface area contributed by atoms with Gasteiger partial charge in [-0.15, -0.1) is 0 Å². The van der Waals surface area contributed by atoms with E-state index in [1.807, 2.05) is 42.5 Å². The zero-order valence-corrected chi connectivity index (χ0v) is 18.3. The lowest BCUT2D eigenvalue weighted by Crippen LogP contribution is -2.33. The van der Waals surface area contributed by atoms with Crippen LogP contribution in [0.15, 0.2) is 70.2 Å². The number of aromatic nitrogens is 1. The standard InChI is InChI=1S/C24H27N5O4/c1-2-33-24(32)18-13-28-29(15-18)22-10-21(30)19(14-26-22)23(31)27-12-16-8-9-20(25-11-16)17-6-4-3-5-7-17/h3-10,13-14,18,24-25,32H,2,11-12,15H2,1H3,(H,26,30)(H,27,31). The molecule has 9 heteroatoms. The van der Waals surface area contributed by atoms with Gasteiger partial charge in [-0.2, -0.15) is 5.10 Å². The summed E-state index contributed by atoms with van der Waals surface area (Å²) in [5.41, 5.74) is 2.74. The third-order valence-electron chi connectivity index (χ3n) is 5.46. The Balaban J connectivity index is 1.34. The third-order valence-corrected chi connectivity index (χ3v) is 5.46. The lowest BCUT2D eigenvalue weighted by Gasteiger charge is -2.19. The second-order valence-corrected chi connectivity index (χ2v) is 7.76. The molecular formula is C24H27N5O4. The minimum atomic E-state index is -0.956. The number of H-pyrrole nitrogens is 1. The number of rotatable bonds is 8. The number of pyridine rings is 1. The molecule has 0 saturated carbocycles. The van der Waals surface area contributed by atoms with Gasteiger partial charge in [0.05, 0.1) is 12.5 Å². The molecule has 0 radical (unpaired) electrons. The van der Waals surface area contributed by atoms with Crippen LogP contribution in [0.25, 0.3) is 5.70 Å². The lowest BCUT2D eigenvalue weighted by molar-refractivity contribution is -0.110. The first-order valence-electron chi connectivity index (χ1n) is 10.9. The number of hydrogen-bond donors (Lipinski definition) is 4. The molecule has 0 spiro atoms. The van der Waals surface area contributed by atoms with Crippen LogP contribution in [0.3, 0.4) is 0 Å². The molecule has 2 unspecified atom stereocenters. The van der Waals surface area contributed by atoms with Gasteiger partial charge < -0.3 is 25.5 Å². The number of ether oxygens (including phenoxy) is 1. The van der Waals surface area contributed by atoms with Crippen LogP contribution >= 0.6 is 0 Å². The van der Waals surface area contributed by atoms with E-state index in [0.29, 0.717) is 32.1 Å². The van der Waals surface area contributed by atoms with Crippen molar-refractivity contribution in [1.29, 1.82) is 0 Å². The average molecular weight is 450 g/mol. The first kappa shape index (κ1) is 22.5. The minimum Gasteiger partial charge on any atom is -0.381 e. The zero-order chi connectivity index (χ0) is 23.2. The smallest absolute Gasteiger partial charge is 0.257 e. The van der Waals surface area contributed by atoms with Crippen LogP contribution in [0.4, 0.5) is 5.82 Å². The second kappa shape index (κ2) is 10.3. The number of anilines is 1. The Bertz CT molecular complexity index is 1140. The maximum absolute atomic E-state index is 12.6. The Morgan fingerprint density at radius 3 is 2.85 bits per heavy atom. The summed E-state index contributed by atoms with van der Waals surface area (Å²) in [7, 11) is 0. The highest BCUT2D eigenvalue weighted by molar-refractivity contribution is 5.94. The summed E-state index contributed by atoms with van der Waals surface area (Å²) in [6.45, 7) is 3.50. The Kier molecular flexibility index (Phi) is 7.01. The van der Waals surface area contributed by atoms with E-state index in [4.69, 9.17) is 4.74 Å². The molecule has 33 heavy (non-hydrogen) atoms. The van der Waals surface area contributed by atoms with Gasteiger partial charge in [0.2, 0.25) is 0 Å². The molecule has 172 valence electrons. The monoisotopic (exact) mass is 449 g/mol. The van der Waals surface area contributed by atoms with Crippen LogP contribution in [-0.4, -0.2) is 54.7 Å². The molecule has 2 aliphatic rings. The summed E-state index contributed by atoms with van der Waals surface area (Å²) in [5.74, 6) is -0.307. The van der Waals surface area contributed by atoms with Gasteiger partial charge in [-0.3, -0.25) is 9.59 Å². The number of aliphatic hydroxyl groups is 1. The quantitative estimate of drug-likeness (QED) is 0.453. The number of hydrogen-bond acceptors (Lipinski definition) is 7. The van der Waals surface area contributed by atoms with Gasteiger partial charge in [0.15, 0.2) is 11.7 Å². The molecule has 3 heterocycles. The topological polar surface area (TPSA) is 119 Å². The average Bonchev–Trinajstić information content (AvgIpc) is 3.34. The van der Waals surface area contributed by atoms with Crippen molar-refractivity contribution in [2.45, 2.75) is 13.2 Å². The van der Waals surface area contributed by atoms with Crippen LogP contribution in [0, 0.1) is 5.92 Å². The molecule has 9 nitrogen and oxygen atoms in total. The molecule has 1 aromatic heterocycles. The van der Waals surface area contributed by atoms with Crippen molar-refractivity contribution in [2.75, 3.05) is 31.3 Å². The van der Waals surface area contributed by atoms with Crippen molar-refractivity contribution < 1.29 is 14.6 Å². The Hall–Kier alpha value is -3.69. The number of nitrogens with zero attached hydrogens (tertiary/aromatic N) is 2. The van der Waals surface area contributed by atoms with Crippen molar-refractivity contribution in [3.63, 3.8) is 0 Å². The van der Waals surface area contributed by atoms with Gasteiger partial charge >= 0.3 is 0 Å². The molecule has 2 aliphatic heterocycles. The number of carbonyl (C=O) groups excluding carboxylic acids is 1. The number of aromatic amines is 1. The van der Waals surface area contributed by atoms with Crippen LogP contribution in [0.1, 0.15) is 22.8 Å². The van der Waals surface area contributed by atoms with Gasteiger partial charge in [0.1, 0.15) is 11.4 Å². The number of nitrogens with one attached hydrogen (secondary N) is 3. The fourth-order valence-electron chi connectivity index (χ4n) is 3.62. The maximum Gasteiger partial charge on any atom is 0.257 e. The van der Waals surface area contributed by atoms with Gasteiger partial charge in [0, 0.05) is 43.9 Å². The molecule has 4 N–H and O–H groups in total. The van der Waals surface area contributed by atoms with Gasteiger partial charge in [-0.05, 0) is 24.1 Å². The highest BCUT2D eigenvalue weighted by atomic mass is 16.6. The van der Waals surface area contributed by atoms with Gasteiger partial charge in [-0.25, -0.2) is 5.01 Å². The van der Waals surface area contributed by atoms with E-state index >= 15 is 0 Å². The molecule has 1 amide bonds. The maximum atomic E-state index is 12.6. The Morgan fingerprint density at radius 1 is 1.33 bits per heavy atom. The normalized spacial score (nSPS) is 18.4. The predicted molar refractivity (Wildman–Crippen MR) is 127 cm³/mol. The van der Waals surface area contributed by atoms with E-state index < -0.39 is 17.6 Å². The summed E-state index contributed by atoms with van der Waals surface area (Å²) < 4.78 is 5.19. The van der Waals surface area contributed by atoms with Crippen LogP contribution < -0.4 is 21.1 Å². The van der Waals surface area contributed by atoms with Crippen molar-refractivity contribution >= 4 is 23.6 Å². The molecule has 0 aliphatic carbocycles. The summed E-state index contributed by atoms with van der Waals surface area (Å²) >= 11 is 0. The van der Waals surface area contributed by atoms with Crippen molar-refractivity contribution in [1.82, 2.24) is 15.6 Å². The molecule has 2 aromatic rings. The number of amides is 1. The highest BCUT2D eigenvalue weighted by Crippen LogP contribution is 2.19. The lowest BCUT2D eigenvalue weighted by atomic mass is 10.1. The number of dihydropyridines is 1. The summed E-state index contributed by atoms with van der Waals surface area (Å²) in [6, 6.07) is 11.3. The van der Waals surface area contributed by atoms with Crippen molar-refractivity contribution in [2.24, 2.45) is 11.0 Å². The van der Waals surface area contributed by atoms with E-state index in [-0.39, 0.29) is 11.5 Å². The van der Waals surface area contributed by atoms with E-state index in [0.717, 1.165) is 16.8 Å². The molecule has 4 rings (SSSR count). The van der Waals surface area contributed by atoms with E-state index in [1.54, 1.807) is 18.1 Å². The van der Waals surface area contributed by atoms with Crippen LogP contribution in [0.5, 0.6) is 0 Å². The number of allylic oxidation sites excluding steroid dienone is 2. The Labute approximate surface area is 191 Å². The highest BCUT2D eigenvalue weighted by Gasteiger charge is 2.27. The molecule has 0 saturated heterocycles. The van der Waals surface area contributed by atoms with E-state index in [9.17, 15) is 14.7 Å². The SMILES string of the molecule is CCOC(O)C1C=NN(c2cc(=O)c(C(=O)NCC3=CC=C(c4ccccc4)NC3)c[nH]2)C1. The second-order valence-electron chi connectivity index (χ2n) is 7.76. The zero-order valence-electron chi connectivity index (χ0n) is 18.3. The summed E-state index contributed by atoms with van der Waals surface area (Å²) in [6.07, 6.45) is 5.97. The number of carbonyl (C=O) groups is 1. The van der Waals surface area contributed by atoms with Crippen LogP contribution in [-0.2, 0) is 4.74 Å². The molecular weight excluding hydrogens is 422 g/mol. The van der Waals surface area contributed by atoms with Gasteiger partial charge in [0.25, 0.3) is 5.91 Å². The molecule has 1 aromatic carbocycles. The molecule has 2 atom stereocenters. The minimum absolute atomic E-state index is 0.0257. The summed E-state index contributed by atoms with van der Waals surface area (Å²) in [5, 5.41) is 21.9. The Morgan fingerprint density at radius 2 is 2.15 bits per heavy atom. The van der Waals surface area contributed by atoms with Gasteiger partial charge in [-0.1, -0.05) is 36.4 Å². The first-order chi connectivity index (χ1) is 16.0. The third kappa shape index (κ3) is 5.39. The first-order valence-corrected chi connectivity index (χ1v) is 10.9. The number of benzene rings is 1. The fourth-order valence-corrected chi connectivity index (χ4v) is 3.62. The van der Waals surface area contributed by atoms with E-state index in [1.165, 1.54) is 12.3 Å². The largest absolute Gasteiger partial charge is 0.381 e. The van der Waals surface area contributed by atoms with E-state index in [2.05, 4.69) is 20.7 Å². The van der Waals surface area contributed by atoms with Crippen molar-refractivity contribution in [3.05, 3.63) is 81.7 Å².